The summed E-state index contributed by atoms with van der Waals surface area (Å²) in [7, 11) is 0. The SMILES string of the molecule is Cc1noc(CN2C(=O)CN(Cc3ccccc3Cl)C(=O)[C@@H]2C)n1.O=CO. The van der Waals surface area contributed by atoms with Crippen LogP contribution >= 0.6 is 11.6 Å². The summed E-state index contributed by atoms with van der Waals surface area (Å²) in [6, 6.07) is 6.69. The monoisotopic (exact) mass is 394 g/mol. The van der Waals surface area contributed by atoms with Gasteiger partial charge in [0.25, 0.3) is 6.47 Å². The number of carbonyl (C=O) groups is 3. The van der Waals surface area contributed by atoms with Crippen LogP contribution in [-0.4, -0.2) is 55.9 Å². The van der Waals surface area contributed by atoms with E-state index in [0.717, 1.165) is 5.56 Å². The Morgan fingerprint density at radius 3 is 2.59 bits per heavy atom. The Bertz CT molecular complexity index is 825. The predicted octanol–water partition coefficient (Wildman–Crippen LogP) is 1.49. The zero-order valence-corrected chi connectivity index (χ0v) is 15.6. The third-order valence-corrected chi connectivity index (χ3v) is 4.35. The van der Waals surface area contributed by atoms with Gasteiger partial charge in [-0.1, -0.05) is 35.0 Å². The highest BCUT2D eigenvalue weighted by molar-refractivity contribution is 6.31. The van der Waals surface area contributed by atoms with Crippen molar-refractivity contribution in [3.8, 4) is 0 Å². The molecule has 0 unspecified atom stereocenters. The zero-order valence-electron chi connectivity index (χ0n) is 14.8. The van der Waals surface area contributed by atoms with Gasteiger partial charge in [0.15, 0.2) is 5.82 Å². The molecule has 0 spiro atoms. The second-order valence-corrected chi connectivity index (χ2v) is 6.23. The molecular formula is C17H19ClN4O5. The Morgan fingerprint density at radius 2 is 2.00 bits per heavy atom. The molecule has 3 rings (SSSR count). The van der Waals surface area contributed by atoms with Gasteiger partial charge in [-0.25, -0.2) is 0 Å². The number of aryl methyl sites for hydroxylation is 1. The average molecular weight is 395 g/mol. The molecule has 10 heteroatoms. The van der Waals surface area contributed by atoms with Crippen molar-refractivity contribution >= 4 is 29.9 Å². The second-order valence-electron chi connectivity index (χ2n) is 5.82. The number of rotatable bonds is 4. The molecular weight excluding hydrogens is 376 g/mol. The van der Waals surface area contributed by atoms with Gasteiger partial charge >= 0.3 is 0 Å². The first kappa shape index (κ1) is 20.4. The third-order valence-electron chi connectivity index (χ3n) is 3.98. The quantitative estimate of drug-likeness (QED) is 0.780. The minimum Gasteiger partial charge on any atom is -0.483 e. The van der Waals surface area contributed by atoms with Crippen LogP contribution in [0.1, 0.15) is 24.2 Å². The first-order valence-electron chi connectivity index (χ1n) is 8.06. The number of aromatic nitrogens is 2. The molecule has 0 radical (unpaired) electrons. The van der Waals surface area contributed by atoms with E-state index < -0.39 is 6.04 Å². The lowest BCUT2D eigenvalue weighted by molar-refractivity contribution is -0.156. The number of hydrogen-bond donors (Lipinski definition) is 1. The van der Waals surface area contributed by atoms with Crippen molar-refractivity contribution in [1.82, 2.24) is 19.9 Å². The molecule has 1 aliphatic heterocycles. The highest BCUT2D eigenvalue weighted by atomic mass is 35.5. The highest BCUT2D eigenvalue weighted by Gasteiger charge is 2.37. The van der Waals surface area contributed by atoms with Crippen LogP contribution in [-0.2, 0) is 27.5 Å². The van der Waals surface area contributed by atoms with Gasteiger partial charge in [-0.2, -0.15) is 4.98 Å². The molecule has 1 atom stereocenters. The molecule has 0 aliphatic carbocycles. The van der Waals surface area contributed by atoms with E-state index in [0.29, 0.717) is 23.3 Å². The summed E-state index contributed by atoms with van der Waals surface area (Å²) in [4.78, 5) is 40.5. The predicted molar refractivity (Wildman–Crippen MR) is 94.6 cm³/mol. The summed E-state index contributed by atoms with van der Waals surface area (Å²) >= 11 is 6.14. The Balaban J connectivity index is 0.000000817. The van der Waals surface area contributed by atoms with E-state index in [2.05, 4.69) is 10.1 Å². The van der Waals surface area contributed by atoms with E-state index in [1.54, 1.807) is 19.9 Å². The Labute approximate surface area is 160 Å². The topological polar surface area (TPSA) is 117 Å². The van der Waals surface area contributed by atoms with Crippen LogP contribution in [0.3, 0.4) is 0 Å². The number of piperazine rings is 1. The Hall–Kier alpha value is -2.94. The maximum absolute atomic E-state index is 12.6. The number of halogens is 1. The van der Waals surface area contributed by atoms with Crippen molar-refractivity contribution in [3.63, 3.8) is 0 Å². The molecule has 1 aliphatic rings. The number of benzene rings is 1. The summed E-state index contributed by atoms with van der Waals surface area (Å²) in [5, 5.41) is 11.2. The summed E-state index contributed by atoms with van der Waals surface area (Å²) in [5.74, 6) is 0.518. The molecule has 1 aromatic heterocycles. The van der Waals surface area contributed by atoms with Crippen molar-refractivity contribution in [1.29, 1.82) is 0 Å². The molecule has 27 heavy (non-hydrogen) atoms. The van der Waals surface area contributed by atoms with Crippen LogP contribution in [0, 0.1) is 6.92 Å². The summed E-state index contributed by atoms with van der Waals surface area (Å²) in [5.41, 5.74) is 0.813. The molecule has 1 saturated heterocycles. The van der Waals surface area contributed by atoms with Crippen LogP contribution < -0.4 is 0 Å². The first-order valence-corrected chi connectivity index (χ1v) is 8.43. The fraction of sp³-hybridized carbons (Fsp3) is 0.353. The number of nitrogens with zero attached hydrogens (tertiary/aromatic N) is 4. The number of carbonyl (C=O) groups excluding carboxylic acids is 2. The van der Waals surface area contributed by atoms with Crippen molar-refractivity contribution in [2.75, 3.05) is 6.54 Å². The fourth-order valence-corrected chi connectivity index (χ4v) is 2.88. The molecule has 0 saturated carbocycles. The summed E-state index contributed by atoms with van der Waals surface area (Å²) in [6.07, 6.45) is 0. The molecule has 1 fully saturated rings. The van der Waals surface area contributed by atoms with E-state index in [1.165, 1.54) is 9.80 Å². The van der Waals surface area contributed by atoms with Gasteiger partial charge in [0, 0.05) is 11.6 Å². The molecule has 2 aromatic rings. The van der Waals surface area contributed by atoms with E-state index in [4.69, 9.17) is 26.0 Å². The largest absolute Gasteiger partial charge is 0.483 e. The van der Waals surface area contributed by atoms with Crippen LogP contribution in [0.5, 0.6) is 0 Å². The standard InChI is InChI=1S/C16H17ClN4O3.CH2O2/c1-10-16(23)20(7-12-5-3-4-6-13(12)17)9-15(22)21(10)8-14-18-11(2)19-24-14;2-1-3/h3-6,10H,7-9H2,1-2H3;1H,(H,2,3)/t10-;/m0./s1. The van der Waals surface area contributed by atoms with E-state index in [1.807, 2.05) is 18.2 Å². The van der Waals surface area contributed by atoms with Crippen molar-refractivity contribution < 1.29 is 24.0 Å². The van der Waals surface area contributed by atoms with Crippen LogP contribution in [0.2, 0.25) is 5.02 Å². The highest BCUT2D eigenvalue weighted by Crippen LogP contribution is 2.21. The Morgan fingerprint density at radius 1 is 1.33 bits per heavy atom. The molecule has 1 N–H and O–H groups in total. The molecule has 0 bridgehead atoms. The van der Waals surface area contributed by atoms with Gasteiger partial charge < -0.3 is 19.4 Å². The second kappa shape index (κ2) is 9.13. The normalized spacial score (nSPS) is 16.8. The first-order chi connectivity index (χ1) is 12.9. The van der Waals surface area contributed by atoms with E-state index in [-0.39, 0.29) is 31.4 Å². The average Bonchev–Trinajstić information content (AvgIpc) is 3.04. The van der Waals surface area contributed by atoms with Crippen molar-refractivity contribution in [3.05, 3.63) is 46.6 Å². The van der Waals surface area contributed by atoms with Crippen LogP contribution in [0.15, 0.2) is 28.8 Å². The van der Waals surface area contributed by atoms with E-state index >= 15 is 0 Å². The lowest BCUT2D eigenvalue weighted by atomic mass is 10.1. The summed E-state index contributed by atoms with van der Waals surface area (Å²) in [6.45, 7) is 3.59. The lowest BCUT2D eigenvalue weighted by Gasteiger charge is -2.38. The van der Waals surface area contributed by atoms with Gasteiger partial charge in [0.05, 0.1) is 0 Å². The molecule has 1 aromatic carbocycles. The molecule has 9 nitrogen and oxygen atoms in total. The number of hydrogen-bond acceptors (Lipinski definition) is 6. The zero-order chi connectivity index (χ0) is 20.0. The maximum Gasteiger partial charge on any atom is 0.290 e. The molecule has 144 valence electrons. The number of carboxylic acid groups (broad SMARTS) is 1. The minimum atomic E-state index is -0.596. The van der Waals surface area contributed by atoms with Crippen molar-refractivity contribution in [2.24, 2.45) is 0 Å². The van der Waals surface area contributed by atoms with Gasteiger partial charge in [0.2, 0.25) is 17.7 Å². The van der Waals surface area contributed by atoms with Gasteiger partial charge in [0.1, 0.15) is 19.1 Å². The number of amides is 2. The fourth-order valence-electron chi connectivity index (χ4n) is 2.69. The van der Waals surface area contributed by atoms with Crippen LogP contribution in [0.4, 0.5) is 0 Å². The minimum absolute atomic E-state index is 0.00150. The van der Waals surface area contributed by atoms with Crippen molar-refractivity contribution in [2.45, 2.75) is 33.0 Å². The summed E-state index contributed by atoms with van der Waals surface area (Å²) < 4.78 is 5.04. The molecule has 2 heterocycles. The maximum atomic E-state index is 12.6. The Kier molecular flexibility index (Phi) is 6.89. The van der Waals surface area contributed by atoms with Crippen LogP contribution in [0.25, 0.3) is 0 Å². The third kappa shape index (κ3) is 5.04. The van der Waals surface area contributed by atoms with Gasteiger partial charge in [-0.15, -0.1) is 0 Å². The van der Waals surface area contributed by atoms with Gasteiger partial charge in [-0.3, -0.25) is 14.4 Å². The van der Waals surface area contributed by atoms with E-state index in [9.17, 15) is 9.59 Å². The smallest absolute Gasteiger partial charge is 0.290 e. The molecule has 2 amide bonds. The lowest BCUT2D eigenvalue weighted by Crippen LogP contribution is -2.58. The van der Waals surface area contributed by atoms with Gasteiger partial charge in [-0.05, 0) is 25.5 Å².